The van der Waals surface area contributed by atoms with E-state index in [-0.39, 0.29) is 6.10 Å². The molecular formula is C16H18O. The first-order chi connectivity index (χ1) is 8.24. The quantitative estimate of drug-likeness (QED) is 0.763. The van der Waals surface area contributed by atoms with E-state index in [1.54, 1.807) is 0 Å². The van der Waals surface area contributed by atoms with Crippen molar-refractivity contribution in [3.05, 3.63) is 65.7 Å². The Morgan fingerprint density at radius 3 is 2.00 bits per heavy atom. The second-order valence-electron chi connectivity index (χ2n) is 4.47. The van der Waals surface area contributed by atoms with Crippen LogP contribution in [0.5, 0.6) is 5.75 Å². The lowest BCUT2D eigenvalue weighted by atomic mass is 10.1. The Morgan fingerprint density at radius 2 is 1.41 bits per heavy atom. The standard InChI is InChI=1S/C16H18O/c1-13(2)17-16-10-8-15(9-11-16)12-14-6-4-3-5-7-14/h3-11,13H,12H2,1-2H3. The summed E-state index contributed by atoms with van der Waals surface area (Å²) in [6.45, 7) is 4.08. The summed E-state index contributed by atoms with van der Waals surface area (Å²) in [5, 5.41) is 0. The van der Waals surface area contributed by atoms with Crippen LogP contribution >= 0.6 is 0 Å². The van der Waals surface area contributed by atoms with Gasteiger partial charge in [-0.3, -0.25) is 0 Å². The minimum Gasteiger partial charge on any atom is -0.491 e. The Morgan fingerprint density at radius 1 is 0.824 bits per heavy atom. The minimum absolute atomic E-state index is 0.231. The Hall–Kier alpha value is -1.76. The zero-order valence-electron chi connectivity index (χ0n) is 10.4. The van der Waals surface area contributed by atoms with Crippen LogP contribution in [-0.2, 0) is 6.42 Å². The van der Waals surface area contributed by atoms with Crippen LogP contribution in [0.3, 0.4) is 0 Å². The van der Waals surface area contributed by atoms with Crippen LogP contribution in [-0.4, -0.2) is 6.10 Å². The van der Waals surface area contributed by atoms with Crippen molar-refractivity contribution in [2.45, 2.75) is 26.4 Å². The van der Waals surface area contributed by atoms with E-state index in [0.29, 0.717) is 0 Å². The highest BCUT2D eigenvalue weighted by atomic mass is 16.5. The van der Waals surface area contributed by atoms with E-state index in [1.165, 1.54) is 11.1 Å². The van der Waals surface area contributed by atoms with E-state index >= 15 is 0 Å². The average molecular weight is 226 g/mol. The van der Waals surface area contributed by atoms with Crippen LogP contribution in [0.4, 0.5) is 0 Å². The van der Waals surface area contributed by atoms with Crippen molar-refractivity contribution in [1.29, 1.82) is 0 Å². The van der Waals surface area contributed by atoms with E-state index in [4.69, 9.17) is 4.74 Å². The zero-order valence-corrected chi connectivity index (χ0v) is 10.4. The molecular weight excluding hydrogens is 208 g/mol. The number of hydrogen-bond acceptors (Lipinski definition) is 1. The first-order valence-electron chi connectivity index (χ1n) is 6.03. The summed E-state index contributed by atoms with van der Waals surface area (Å²) in [4.78, 5) is 0. The van der Waals surface area contributed by atoms with Gasteiger partial charge in [0, 0.05) is 0 Å². The van der Waals surface area contributed by atoms with Gasteiger partial charge >= 0.3 is 0 Å². The van der Waals surface area contributed by atoms with Gasteiger partial charge in [0.05, 0.1) is 6.10 Å². The van der Waals surface area contributed by atoms with Gasteiger partial charge in [0.1, 0.15) is 5.75 Å². The second-order valence-corrected chi connectivity index (χ2v) is 4.47. The molecule has 0 N–H and O–H groups in total. The third-order valence-corrected chi connectivity index (χ3v) is 2.55. The number of hydrogen-bond donors (Lipinski definition) is 0. The normalized spacial score (nSPS) is 10.5. The molecule has 0 amide bonds. The molecule has 0 heterocycles. The highest BCUT2D eigenvalue weighted by Gasteiger charge is 1.99. The van der Waals surface area contributed by atoms with E-state index in [0.717, 1.165) is 12.2 Å². The predicted octanol–water partition coefficient (Wildman–Crippen LogP) is 4.06. The molecule has 0 fully saturated rings. The fourth-order valence-corrected chi connectivity index (χ4v) is 1.79. The van der Waals surface area contributed by atoms with Gasteiger partial charge in [-0.05, 0) is 43.5 Å². The van der Waals surface area contributed by atoms with Gasteiger partial charge in [0.15, 0.2) is 0 Å². The van der Waals surface area contributed by atoms with Crippen molar-refractivity contribution in [2.75, 3.05) is 0 Å². The van der Waals surface area contributed by atoms with Crippen molar-refractivity contribution in [3.63, 3.8) is 0 Å². The Balaban J connectivity index is 2.03. The largest absolute Gasteiger partial charge is 0.491 e. The number of benzene rings is 2. The smallest absolute Gasteiger partial charge is 0.119 e. The minimum atomic E-state index is 0.231. The Labute approximate surface area is 103 Å². The molecule has 0 aliphatic rings. The summed E-state index contributed by atoms with van der Waals surface area (Å²) < 4.78 is 5.62. The second kappa shape index (κ2) is 5.53. The molecule has 1 nitrogen and oxygen atoms in total. The molecule has 0 radical (unpaired) electrons. The SMILES string of the molecule is CC(C)Oc1ccc(Cc2ccccc2)cc1. The third-order valence-electron chi connectivity index (χ3n) is 2.55. The van der Waals surface area contributed by atoms with E-state index < -0.39 is 0 Å². The maximum atomic E-state index is 5.62. The van der Waals surface area contributed by atoms with Crippen molar-refractivity contribution in [3.8, 4) is 5.75 Å². The number of ether oxygens (including phenoxy) is 1. The van der Waals surface area contributed by atoms with Crippen molar-refractivity contribution in [2.24, 2.45) is 0 Å². The maximum absolute atomic E-state index is 5.62. The maximum Gasteiger partial charge on any atom is 0.119 e. The van der Waals surface area contributed by atoms with Gasteiger partial charge in [0.25, 0.3) is 0 Å². The molecule has 0 saturated carbocycles. The molecule has 2 aromatic carbocycles. The highest BCUT2D eigenvalue weighted by molar-refractivity contribution is 5.31. The fraction of sp³-hybridized carbons (Fsp3) is 0.250. The van der Waals surface area contributed by atoms with E-state index in [9.17, 15) is 0 Å². The summed E-state index contributed by atoms with van der Waals surface area (Å²) in [7, 11) is 0. The zero-order chi connectivity index (χ0) is 12.1. The van der Waals surface area contributed by atoms with Crippen LogP contribution in [0.1, 0.15) is 25.0 Å². The summed E-state index contributed by atoms with van der Waals surface area (Å²) in [6, 6.07) is 18.8. The lowest BCUT2D eigenvalue weighted by molar-refractivity contribution is 0.242. The molecule has 0 aliphatic heterocycles. The molecule has 88 valence electrons. The fourth-order valence-electron chi connectivity index (χ4n) is 1.79. The monoisotopic (exact) mass is 226 g/mol. The van der Waals surface area contributed by atoms with Gasteiger partial charge in [-0.2, -0.15) is 0 Å². The van der Waals surface area contributed by atoms with Crippen LogP contribution in [0.15, 0.2) is 54.6 Å². The first kappa shape index (κ1) is 11.7. The van der Waals surface area contributed by atoms with Crippen LogP contribution in [0.25, 0.3) is 0 Å². The first-order valence-corrected chi connectivity index (χ1v) is 6.03. The summed E-state index contributed by atoms with van der Waals surface area (Å²) in [5.74, 6) is 0.941. The summed E-state index contributed by atoms with van der Waals surface area (Å²) in [6.07, 6.45) is 1.21. The molecule has 0 aromatic heterocycles. The lowest BCUT2D eigenvalue weighted by Gasteiger charge is -2.10. The van der Waals surface area contributed by atoms with E-state index in [1.807, 2.05) is 32.0 Å². The van der Waals surface area contributed by atoms with Crippen LogP contribution in [0, 0.1) is 0 Å². The molecule has 1 heteroatoms. The van der Waals surface area contributed by atoms with Gasteiger partial charge in [0.2, 0.25) is 0 Å². The summed E-state index contributed by atoms with van der Waals surface area (Å²) >= 11 is 0. The average Bonchev–Trinajstić information content (AvgIpc) is 2.32. The third kappa shape index (κ3) is 3.63. The van der Waals surface area contributed by atoms with Crippen LogP contribution in [0.2, 0.25) is 0 Å². The molecule has 0 aliphatic carbocycles. The molecule has 0 unspecified atom stereocenters. The molecule has 0 saturated heterocycles. The molecule has 0 atom stereocenters. The molecule has 17 heavy (non-hydrogen) atoms. The molecule has 2 aromatic rings. The van der Waals surface area contributed by atoms with Crippen molar-refractivity contribution >= 4 is 0 Å². The molecule has 2 rings (SSSR count). The topological polar surface area (TPSA) is 9.23 Å². The van der Waals surface area contributed by atoms with Gasteiger partial charge in [-0.1, -0.05) is 42.5 Å². The van der Waals surface area contributed by atoms with E-state index in [2.05, 4.69) is 36.4 Å². The van der Waals surface area contributed by atoms with Crippen molar-refractivity contribution < 1.29 is 4.74 Å². The predicted molar refractivity (Wildman–Crippen MR) is 71.5 cm³/mol. The van der Waals surface area contributed by atoms with Gasteiger partial charge < -0.3 is 4.74 Å². The molecule has 0 spiro atoms. The lowest BCUT2D eigenvalue weighted by Crippen LogP contribution is -2.05. The van der Waals surface area contributed by atoms with Crippen LogP contribution < -0.4 is 4.74 Å². The molecule has 0 bridgehead atoms. The van der Waals surface area contributed by atoms with Gasteiger partial charge in [-0.15, -0.1) is 0 Å². The number of rotatable bonds is 4. The Kier molecular flexibility index (Phi) is 3.81. The summed E-state index contributed by atoms with van der Waals surface area (Å²) in [5.41, 5.74) is 2.65. The Bertz CT molecular complexity index is 443. The van der Waals surface area contributed by atoms with Crippen molar-refractivity contribution in [1.82, 2.24) is 0 Å². The highest BCUT2D eigenvalue weighted by Crippen LogP contribution is 2.16. The van der Waals surface area contributed by atoms with Gasteiger partial charge in [-0.25, -0.2) is 0 Å².